The Labute approximate surface area is 119 Å². The fraction of sp³-hybridized carbons (Fsp3) is 0.750. The van der Waals surface area contributed by atoms with Crippen molar-refractivity contribution in [3.8, 4) is 0 Å². The maximum Gasteiger partial charge on any atom is 0.229 e. The summed E-state index contributed by atoms with van der Waals surface area (Å²) in [6.07, 6.45) is 0.371. The van der Waals surface area contributed by atoms with Crippen LogP contribution in [0, 0.1) is 0 Å². The number of nitrogens with one attached hydrogen (secondary N) is 1. The first-order valence-electron chi connectivity index (χ1n) is 6.74. The van der Waals surface area contributed by atoms with E-state index in [0.717, 1.165) is 0 Å². The van der Waals surface area contributed by atoms with Crippen LogP contribution in [0.25, 0.3) is 0 Å². The summed E-state index contributed by atoms with van der Waals surface area (Å²) in [5.74, 6) is -0.843. The fourth-order valence-electron chi connectivity index (χ4n) is 1.89. The van der Waals surface area contributed by atoms with Crippen molar-refractivity contribution >= 4 is 25.6 Å². The Morgan fingerprint density at radius 1 is 1.40 bits per heavy atom. The van der Waals surface area contributed by atoms with E-state index in [1.807, 2.05) is 0 Å². The van der Waals surface area contributed by atoms with Crippen LogP contribution >= 0.6 is 0 Å². The summed E-state index contributed by atoms with van der Waals surface area (Å²) >= 11 is 0. The molecule has 8 heteroatoms. The number of carbonyl (C=O) groups excluding carboxylic acids is 3. The molecule has 1 aliphatic heterocycles. The Bertz CT molecular complexity index is 364. The maximum atomic E-state index is 11.6. The molecule has 0 aromatic heterocycles. The van der Waals surface area contributed by atoms with Crippen molar-refractivity contribution < 1.29 is 23.9 Å². The predicted molar refractivity (Wildman–Crippen MR) is 74.0 cm³/mol. The first-order chi connectivity index (χ1) is 9.56. The van der Waals surface area contributed by atoms with Crippen molar-refractivity contribution in [1.82, 2.24) is 10.2 Å². The second kappa shape index (κ2) is 8.70. The van der Waals surface area contributed by atoms with E-state index in [9.17, 15) is 14.4 Å². The molecule has 0 radical (unpaired) electrons. The van der Waals surface area contributed by atoms with Crippen molar-refractivity contribution in [3.63, 3.8) is 0 Å². The van der Waals surface area contributed by atoms with E-state index in [4.69, 9.17) is 9.47 Å². The number of carbonyl (C=O) groups is 3. The minimum absolute atomic E-state index is 0.127. The molecular formula is C12H21BN2O5. The van der Waals surface area contributed by atoms with Crippen LogP contribution in [0.3, 0.4) is 0 Å². The summed E-state index contributed by atoms with van der Waals surface area (Å²) in [7, 11) is 3.31. The predicted octanol–water partition coefficient (Wildman–Crippen LogP) is -1.66. The third-order valence-electron chi connectivity index (χ3n) is 3.03. The highest BCUT2D eigenvalue weighted by Crippen LogP contribution is 2.21. The molecule has 1 fully saturated rings. The maximum absolute atomic E-state index is 11.6. The second-order valence-corrected chi connectivity index (χ2v) is 4.69. The fourth-order valence-corrected chi connectivity index (χ4v) is 1.89. The highest BCUT2D eigenvalue weighted by molar-refractivity contribution is 6.29. The van der Waals surface area contributed by atoms with E-state index in [0.29, 0.717) is 26.4 Å². The van der Waals surface area contributed by atoms with E-state index in [-0.39, 0.29) is 42.9 Å². The number of rotatable bonds is 9. The van der Waals surface area contributed by atoms with Crippen molar-refractivity contribution in [2.45, 2.75) is 18.7 Å². The molecule has 1 heterocycles. The molecule has 1 atom stereocenters. The third kappa shape index (κ3) is 5.30. The highest BCUT2D eigenvalue weighted by atomic mass is 16.5. The smallest absolute Gasteiger partial charge is 0.229 e. The number of ether oxygens (including phenoxy) is 2. The minimum Gasteiger partial charge on any atom is -0.382 e. The van der Waals surface area contributed by atoms with Gasteiger partial charge in [-0.3, -0.25) is 19.3 Å². The van der Waals surface area contributed by atoms with Gasteiger partial charge in [0.15, 0.2) is 0 Å². The standard InChI is InChI=1S/C12H21BN2O5/c1-19-6-7-20-5-3-14-10(16)2-4-15-11(17)8-9(13)12(15)18/h9H,2-8,13H2,1H3,(H,14,16). The van der Waals surface area contributed by atoms with Gasteiger partial charge in [0.2, 0.25) is 17.7 Å². The van der Waals surface area contributed by atoms with Gasteiger partial charge in [-0.25, -0.2) is 0 Å². The van der Waals surface area contributed by atoms with Crippen molar-refractivity contribution in [2.75, 3.05) is 40.0 Å². The van der Waals surface area contributed by atoms with Crippen LogP contribution in [0.2, 0.25) is 5.82 Å². The minimum atomic E-state index is -0.264. The number of likely N-dealkylation sites (tertiary alicyclic amines) is 1. The van der Waals surface area contributed by atoms with Crippen LogP contribution in [-0.4, -0.2) is 70.5 Å². The van der Waals surface area contributed by atoms with Crippen LogP contribution in [0.1, 0.15) is 12.8 Å². The molecule has 112 valence electrons. The molecule has 1 aliphatic rings. The molecule has 1 saturated heterocycles. The Balaban J connectivity index is 2.11. The molecule has 0 aromatic rings. The Hall–Kier alpha value is -1.41. The van der Waals surface area contributed by atoms with Gasteiger partial charge in [-0.15, -0.1) is 0 Å². The normalized spacial score (nSPS) is 18.6. The summed E-state index contributed by atoms with van der Waals surface area (Å²) in [4.78, 5) is 35.8. The number of nitrogens with zero attached hydrogens (tertiary/aromatic N) is 1. The lowest BCUT2D eigenvalue weighted by atomic mass is 9.86. The molecule has 1 rings (SSSR count). The summed E-state index contributed by atoms with van der Waals surface area (Å²) in [5, 5.41) is 2.67. The van der Waals surface area contributed by atoms with E-state index >= 15 is 0 Å². The van der Waals surface area contributed by atoms with Gasteiger partial charge in [0.05, 0.1) is 19.8 Å². The number of hydrogen-bond donors (Lipinski definition) is 1. The number of hydrogen-bond acceptors (Lipinski definition) is 5. The molecule has 7 nitrogen and oxygen atoms in total. The van der Waals surface area contributed by atoms with Gasteiger partial charge in [0.1, 0.15) is 7.85 Å². The Morgan fingerprint density at radius 3 is 2.75 bits per heavy atom. The lowest BCUT2D eigenvalue weighted by Crippen LogP contribution is -2.35. The van der Waals surface area contributed by atoms with Gasteiger partial charge < -0.3 is 14.8 Å². The Kier molecular flexibility index (Phi) is 7.25. The van der Waals surface area contributed by atoms with Crippen LogP contribution in [0.5, 0.6) is 0 Å². The van der Waals surface area contributed by atoms with Gasteiger partial charge in [0.25, 0.3) is 0 Å². The molecule has 0 aromatic carbocycles. The molecule has 0 aliphatic carbocycles. The topological polar surface area (TPSA) is 84.9 Å². The molecular weight excluding hydrogens is 263 g/mol. The molecule has 3 amide bonds. The lowest BCUT2D eigenvalue weighted by molar-refractivity contribution is -0.138. The molecule has 0 spiro atoms. The van der Waals surface area contributed by atoms with Crippen molar-refractivity contribution in [3.05, 3.63) is 0 Å². The third-order valence-corrected chi connectivity index (χ3v) is 3.03. The van der Waals surface area contributed by atoms with Crippen LogP contribution < -0.4 is 5.32 Å². The van der Waals surface area contributed by atoms with E-state index in [1.165, 1.54) is 4.90 Å². The quantitative estimate of drug-likeness (QED) is 0.311. The van der Waals surface area contributed by atoms with Crippen LogP contribution in [0.15, 0.2) is 0 Å². The molecule has 1 N–H and O–H groups in total. The number of methoxy groups -OCH3 is 1. The molecule has 0 bridgehead atoms. The molecule has 0 saturated carbocycles. The van der Waals surface area contributed by atoms with Gasteiger partial charge in [-0.2, -0.15) is 0 Å². The van der Waals surface area contributed by atoms with E-state index < -0.39 is 0 Å². The zero-order valence-electron chi connectivity index (χ0n) is 12.0. The summed E-state index contributed by atoms with van der Waals surface area (Å²) in [6, 6.07) is 0. The van der Waals surface area contributed by atoms with Gasteiger partial charge >= 0.3 is 0 Å². The van der Waals surface area contributed by atoms with Crippen LogP contribution in [-0.2, 0) is 23.9 Å². The average Bonchev–Trinajstić information content (AvgIpc) is 2.65. The zero-order chi connectivity index (χ0) is 15.0. The summed E-state index contributed by atoms with van der Waals surface area (Å²) < 4.78 is 10.0. The summed E-state index contributed by atoms with van der Waals surface area (Å²) in [5.41, 5.74) is 0. The number of imide groups is 1. The first kappa shape index (κ1) is 16.6. The van der Waals surface area contributed by atoms with Crippen molar-refractivity contribution in [1.29, 1.82) is 0 Å². The molecule has 20 heavy (non-hydrogen) atoms. The SMILES string of the molecule is BC1CC(=O)N(CCC(=O)NCCOCCOC)C1=O. The first-order valence-corrected chi connectivity index (χ1v) is 6.74. The largest absolute Gasteiger partial charge is 0.382 e. The monoisotopic (exact) mass is 284 g/mol. The van der Waals surface area contributed by atoms with E-state index in [1.54, 1.807) is 15.0 Å². The van der Waals surface area contributed by atoms with Gasteiger partial charge in [0, 0.05) is 38.9 Å². The molecule has 1 unspecified atom stereocenters. The number of amides is 3. The van der Waals surface area contributed by atoms with Crippen molar-refractivity contribution in [2.24, 2.45) is 0 Å². The second-order valence-electron chi connectivity index (χ2n) is 4.69. The lowest BCUT2D eigenvalue weighted by Gasteiger charge is -2.14. The van der Waals surface area contributed by atoms with Crippen LogP contribution in [0.4, 0.5) is 0 Å². The summed E-state index contributed by atoms with van der Waals surface area (Å²) in [6.45, 7) is 1.97. The van der Waals surface area contributed by atoms with E-state index in [2.05, 4.69) is 5.32 Å². The average molecular weight is 284 g/mol. The zero-order valence-corrected chi connectivity index (χ0v) is 12.0. The van der Waals surface area contributed by atoms with Gasteiger partial charge in [-0.1, -0.05) is 0 Å². The Morgan fingerprint density at radius 2 is 2.15 bits per heavy atom. The van der Waals surface area contributed by atoms with Gasteiger partial charge in [-0.05, 0) is 0 Å². The highest BCUT2D eigenvalue weighted by Gasteiger charge is 2.35.